The van der Waals surface area contributed by atoms with E-state index in [0.29, 0.717) is 23.9 Å². The molecule has 3 atom stereocenters. The van der Waals surface area contributed by atoms with E-state index in [9.17, 15) is 18.0 Å². The van der Waals surface area contributed by atoms with E-state index in [1.165, 1.54) is 0 Å². The molecule has 5 nitrogen and oxygen atoms in total. The molecule has 8 heteroatoms. The topological polar surface area (TPSA) is 70.7 Å². The Morgan fingerprint density at radius 2 is 1.91 bits per heavy atom. The van der Waals surface area contributed by atoms with Crippen molar-refractivity contribution in [2.24, 2.45) is 5.92 Å². The number of fused-ring (bicyclic) bond motifs is 1. The number of benzene rings is 1. The number of para-hydroxylation sites is 1. The predicted molar refractivity (Wildman–Crippen MR) is 127 cm³/mol. The van der Waals surface area contributed by atoms with E-state index < -0.39 is 18.6 Å². The SMILES string of the molecule is O=C(CCCC1CCCCC(c2ncnc3[nH]ccc23)C1)C(CC(F)(F)F)Nc1ccccc1. The summed E-state index contributed by atoms with van der Waals surface area (Å²) in [5, 5.41) is 3.85. The number of H-pyrrole nitrogens is 1. The van der Waals surface area contributed by atoms with Crippen LogP contribution in [-0.4, -0.2) is 33.0 Å². The van der Waals surface area contributed by atoms with Gasteiger partial charge in [-0.15, -0.1) is 0 Å². The van der Waals surface area contributed by atoms with Gasteiger partial charge in [-0.3, -0.25) is 4.79 Å². The summed E-state index contributed by atoms with van der Waals surface area (Å²) in [4.78, 5) is 24.8. The lowest BCUT2D eigenvalue weighted by Gasteiger charge is -2.22. The Morgan fingerprint density at radius 1 is 1.12 bits per heavy atom. The first-order valence-corrected chi connectivity index (χ1v) is 12.1. The number of halogens is 3. The molecule has 1 fully saturated rings. The van der Waals surface area contributed by atoms with Gasteiger partial charge in [0, 0.05) is 29.6 Å². The lowest BCUT2D eigenvalue weighted by atomic mass is 9.86. The molecule has 3 aromatic rings. The zero-order valence-electron chi connectivity index (χ0n) is 19.2. The van der Waals surface area contributed by atoms with E-state index in [1.54, 1.807) is 36.7 Å². The van der Waals surface area contributed by atoms with E-state index in [0.717, 1.165) is 55.3 Å². The van der Waals surface area contributed by atoms with Crippen molar-refractivity contribution in [2.45, 2.75) is 75.9 Å². The molecule has 0 amide bonds. The minimum atomic E-state index is -4.41. The monoisotopic (exact) mass is 472 g/mol. The van der Waals surface area contributed by atoms with Crippen molar-refractivity contribution in [3.8, 4) is 0 Å². The van der Waals surface area contributed by atoms with Crippen molar-refractivity contribution >= 4 is 22.5 Å². The normalized spacial score (nSPS) is 20.1. The van der Waals surface area contributed by atoms with Gasteiger partial charge in [-0.05, 0) is 43.4 Å². The van der Waals surface area contributed by atoms with E-state index in [-0.39, 0.29) is 12.2 Å². The van der Waals surface area contributed by atoms with Crippen LogP contribution in [0.3, 0.4) is 0 Å². The third-order valence-corrected chi connectivity index (χ3v) is 6.78. The van der Waals surface area contributed by atoms with Gasteiger partial charge in [-0.2, -0.15) is 13.2 Å². The molecule has 2 heterocycles. The second kappa shape index (κ2) is 11.0. The number of hydrogen-bond acceptors (Lipinski definition) is 4. The number of carbonyl (C=O) groups is 1. The predicted octanol–water partition coefficient (Wildman–Crippen LogP) is 6.79. The molecule has 0 saturated heterocycles. The molecule has 2 N–H and O–H groups in total. The number of Topliss-reactive ketones (excluding diaryl/α,β-unsaturated/α-hetero) is 1. The molecule has 0 spiro atoms. The molecule has 0 radical (unpaired) electrons. The fourth-order valence-electron chi connectivity index (χ4n) is 5.14. The maximum Gasteiger partial charge on any atom is 0.391 e. The van der Waals surface area contributed by atoms with Gasteiger partial charge in [0.05, 0.1) is 18.2 Å². The van der Waals surface area contributed by atoms with E-state index >= 15 is 0 Å². The molecule has 1 aliphatic rings. The van der Waals surface area contributed by atoms with Crippen molar-refractivity contribution < 1.29 is 18.0 Å². The highest BCUT2D eigenvalue weighted by atomic mass is 19.4. The molecule has 4 rings (SSSR count). The number of anilines is 1. The summed E-state index contributed by atoms with van der Waals surface area (Å²) >= 11 is 0. The number of aromatic amines is 1. The molecular formula is C26H31F3N4O. The van der Waals surface area contributed by atoms with Crippen LogP contribution in [0.25, 0.3) is 11.0 Å². The molecule has 1 aliphatic carbocycles. The molecule has 0 aliphatic heterocycles. The maximum atomic E-state index is 13.1. The van der Waals surface area contributed by atoms with Crippen LogP contribution in [0.5, 0.6) is 0 Å². The van der Waals surface area contributed by atoms with Gasteiger partial charge >= 0.3 is 6.18 Å². The number of hydrogen-bond donors (Lipinski definition) is 2. The van der Waals surface area contributed by atoms with Crippen LogP contribution in [0, 0.1) is 5.92 Å². The minimum Gasteiger partial charge on any atom is -0.375 e. The summed E-state index contributed by atoms with van der Waals surface area (Å²) in [6.45, 7) is 0. The summed E-state index contributed by atoms with van der Waals surface area (Å²) in [5.74, 6) is 0.394. The Balaban J connectivity index is 1.35. The van der Waals surface area contributed by atoms with Crippen LogP contribution in [-0.2, 0) is 4.79 Å². The van der Waals surface area contributed by atoms with E-state index in [1.807, 2.05) is 12.3 Å². The number of aromatic nitrogens is 3. The van der Waals surface area contributed by atoms with Gasteiger partial charge in [0.1, 0.15) is 12.0 Å². The first-order chi connectivity index (χ1) is 16.4. The van der Waals surface area contributed by atoms with Gasteiger partial charge < -0.3 is 10.3 Å². The molecular weight excluding hydrogens is 441 g/mol. The number of carbonyl (C=O) groups excluding carboxylic acids is 1. The van der Waals surface area contributed by atoms with E-state index in [4.69, 9.17) is 0 Å². The fraction of sp³-hybridized carbons (Fsp3) is 0.500. The summed E-state index contributed by atoms with van der Waals surface area (Å²) in [5.41, 5.74) is 2.45. The molecule has 0 bridgehead atoms. The Labute approximate surface area is 197 Å². The molecule has 34 heavy (non-hydrogen) atoms. The van der Waals surface area contributed by atoms with Gasteiger partial charge in [-0.1, -0.05) is 43.9 Å². The van der Waals surface area contributed by atoms with Crippen LogP contribution >= 0.6 is 0 Å². The second-order valence-corrected chi connectivity index (χ2v) is 9.32. The first-order valence-electron chi connectivity index (χ1n) is 12.1. The van der Waals surface area contributed by atoms with Crippen LogP contribution in [0.1, 0.15) is 69.4 Å². The average Bonchev–Trinajstić information content (AvgIpc) is 3.17. The number of alkyl halides is 3. The van der Waals surface area contributed by atoms with Crippen molar-refractivity contribution in [3.05, 3.63) is 54.6 Å². The summed E-state index contributed by atoms with van der Waals surface area (Å²) < 4.78 is 39.3. The third-order valence-electron chi connectivity index (χ3n) is 6.78. The number of ketones is 1. The van der Waals surface area contributed by atoms with Crippen molar-refractivity contribution in [2.75, 3.05) is 5.32 Å². The highest BCUT2D eigenvalue weighted by Crippen LogP contribution is 2.38. The molecule has 1 aromatic carbocycles. The number of nitrogens with one attached hydrogen (secondary N) is 2. The molecule has 182 valence electrons. The van der Waals surface area contributed by atoms with Crippen LogP contribution in [0.2, 0.25) is 0 Å². The zero-order chi connectivity index (χ0) is 24.0. The van der Waals surface area contributed by atoms with Crippen molar-refractivity contribution in [1.82, 2.24) is 15.0 Å². The third kappa shape index (κ3) is 6.58. The summed E-state index contributed by atoms with van der Waals surface area (Å²) in [6, 6.07) is 9.37. The maximum absolute atomic E-state index is 13.1. The summed E-state index contributed by atoms with van der Waals surface area (Å²) in [6.07, 6.45) is 4.91. The smallest absolute Gasteiger partial charge is 0.375 e. The Morgan fingerprint density at radius 3 is 2.71 bits per heavy atom. The zero-order valence-corrected chi connectivity index (χ0v) is 19.2. The van der Waals surface area contributed by atoms with Gasteiger partial charge in [0.15, 0.2) is 5.78 Å². The second-order valence-electron chi connectivity index (χ2n) is 9.32. The number of rotatable bonds is 9. The quantitative estimate of drug-likeness (QED) is 0.336. The minimum absolute atomic E-state index is 0.150. The Hall–Kier alpha value is -2.90. The van der Waals surface area contributed by atoms with E-state index in [2.05, 4.69) is 20.3 Å². The Bertz CT molecular complexity index is 1070. The molecule has 2 aromatic heterocycles. The summed E-state index contributed by atoms with van der Waals surface area (Å²) in [7, 11) is 0. The van der Waals surface area contributed by atoms with Gasteiger partial charge in [0.25, 0.3) is 0 Å². The van der Waals surface area contributed by atoms with Crippen LogP contribution in [0.15, 0.2) is 48.9 Å². The average molecular weight is 473 g/mol. The van der Waals surface area contributed by atoms with Crippen LogP contribution in [0.4, 0.5) is 18.9 Å². The molecule has 3 unspecified atom stereocenters. The highest BCUT2D eigenvalue weighted by Gasteiger charge is 2.35. The lowest BCUT2D eigenvalue weighted by Crippen LogP contribution is -2.34. The van der Waals surface area contributed by atoms with Crippen LogP contribution < -0.4 is 5.32 Å². The number of nitrogens with zero attached hydrogens (tertiary/aromatic N) is 2. The lowest BCUT2D eigenvalue weighted by molar-refractivity contribution is -0.145. The highest BCUT2D eigenvalue weighted by molar-refractivity contribution is 5.86. The first kappa shape index (κ1) is 24.2. The fourth-order valence-corrected chi connectivity index (χ4v) is 5.14. The standard InChI is InChI=1S/C26H31F3N4O/c27-26(28,29)16-22(33-20-10-2-1-3-11-20)23(34)12-6-8-18-7-4-5-9-19(15-18)24-21-13-14-30-25(21)32-17-31-24/h1-3,10-11,13-14,17-19,22,33H,4-9,12,15-16H2,(H,30,31,32). The van der Waals surface area contributed by atoms with Crippen molar-refractivity contribution in [1.29, 1.82) is 0 Å². The van der Waals surface area contributed by atoms with Gasteiger partial charge in [-0.25, -0.2) is 9.97 Å². The Kier molecular flexibility index (Phi) is 7.85. The molecule has 1 saturated carbocycles. The van der Waals surface area contributed by atoms with Gasteiger partial charge in [0.2, 0.25) is 0 Å². The van der Waals surface area contributed by atoms with Crippen molar-refractivity contribution in [3.63, 3.8) is 0 Å². The largest absolute Gasteiger partial charge is 0.391 e.